The number of aliphatic hydroxyl groups excluding tert-OH is 2. The molecule has 0 bridgehead atoms. The molecule has 0 fully saturated rings. The Hall–Kier alpha value is -1.96. The van der Waals surface area contributed by atoms with Crippen LogP contribution in [0, 0.1) is 5.92 Å². The predicted octanol–water partition coefficient (Wildman–Crippen LogP) is 11.1. The van der Waals surface area contributed by atoms with E-state index >= 15 is 0 Å². The average molecular weight is 923 g/mol. The topological polar surface area (TPSA) is 216 Å². The highest BCUT2D eigenvalue weighted by Gasteiger charge is 2.28. The van der Waals surface area contributed by atoms with Crippen LogP contribution in [-0.2, 0) is 41.8 Å². The molecular formula is C46H84O14P2. The van der Waals surface area contributed by atoms with E-state index < -0.39 is 66.2 Å². The molecule has 16 heteroatoms. The van der Waals surface area contributed by atoms with E-state index in [0.717, 1.165) is 63.7 Å². The Balaban J connectivity index is 4.58. The summed E-state index contributed by atoms with van der Waals surface area (Å²) in [5, 5.41) is 19.6. The first kappa shape index (κ1) is 60.0. The zero-order chi connectivity index (χ0) is 46.2. The van der Waals surface area contributed by atoms with Gasteiger partial charge in [0, 0.05) is 12.8 Å². The number of hydrogen-bond donors (Lipinski definition) is 5. The van der Waals surface area contributed by atoms with Crippen molar-refractivity contribution < 1.29 is 66.7 Å². The van der Waals surface area contributed by atoms with Crippen molar-refractivity contribution in [3.63, 3.8) is 0 Å². The molecule has 0 aliphatic heterocycles. The lowest BCUT2D eigenvalue weighted by Crippen LogP contribution is -2.29. The highest BCUT2D eigenvalue weighted by Crippen LogP contribution is 2.43. The summed E-state index contributed by atoms with van der Waals surface area (Å²) < 4.78 is 47.8. The molecule has 0 aromatic heterocycles. The van der Waals surface area contributed by atoms with E-state index in [2.05, 4.69) is 48.0 Å². The molecule has 362 valence electrons. The van der Waals surface area contributed by atoms with Crippen LogP contribution in [-0.4, -0.2) is 81.6 Å². The maximum Gasteiger partial charge on any atom is 0.472 e. The van der Waals surface area contributed by atoms with E-state index in [1.54, 1.807) is 0 Å². The Morgan fingerprint density at radius 3 is 1.58 bits per heavy atom. The fourth-order valence-corrected chi connectivity index (χ4v) is 7.29. The molecule has 0 radical (unpaired) electrons. The lowest BCUT2D eigenvalue weighted by atomic mass is 10.0. The van der Waals surface area contributed by atoms with Crippen LogP contribution >= 0.6 is 15.6 Å². The number of phosphoric ester groups is 2. The third kappa shape index (κ3) is 44.6. The molecule has 5 N–H and O–H groups in total. The number of phosphoric acid groups is 2. The minimum Gasteiger partial charge on any atom is -0.462 e. The summed E-state index contributed by atoms with van der Waals surface area (Å²) in [5.41, 5.74) is 0. The molecule has 0 aromatic carbocycles. The summed E-state index contributed by atoms with van der Waals surface area (Å²) >= 11 is 0. The van der Waals surface area contributed by atoms with Gasteiger partial charge in [-0.3, -0.25) is 23.2 Å². The molecule has 14 nitrogen and oxygen atoms in total. The van der Waals surface area contributed by atoms with Crippen LogP contribution in [0.1, 0.15) is 181 Å². The molecule has 1 unspecified atom stereocenters. The van der Waals surface area contributed by atoms with Crippen LogP contribution in [0.25, 0.3) is 0 Å². The third-order valence-corrected chi connectivity index (χ3v) is 11.1. The highest BCUT2D eigenvalue weighted by molar-refractivity contribution is 7.47. The molecule has 0 aliphatic carbocycles. The molecule has 0 aromatic rings. The standard InChI is InChI=1S/C46H84O14P2/c1-4-5-33-42(47)34-29-25-21-17-13-10-11-15-19-23-27-31-36-46(50)60-44(40-59-62(54,55)58-38-43(48)37-57-61(51,52)53)39-56-45(49)35-30-26-22-18-14-9-7-6-8-12-16-20-24-28-32-41(2)3/h10-11,17,19,21,23,29,34,41-44,47-48H,4-9,12-16,18,20,22,24-28,30-33,35-40H2,1-3H3,(H,54,55)(H2,51,52,53)/b11-10-,21-17-,23-19-,34-29-/t42-,43+,44-/m1/s1. The molecule has 4 atom stereocenters. The fourth-order valence-electron chi connectivity index (χ4n) is 6.13. The SMILES string of the molecule is CCCC[C@@H](O)/C=C\C/C=C\C/C=C\C/C=C\CCCC(=O)O[C@H](COC(=O)CCCCCCCCCCCCCCCCC(C)C)COP(=O)(O)OC[C@@H](O)COP(=O)(O)O. The Labute approximate surface area is 373 Å². The largest absolute Gasteiger partial charge is 0.472 e. The smallest absolute Gasteiger partial charge is 0.462 e. The van der Waals surface area contributed by atoms with Gasteiger partial charge in [0.2, 0.25) is 0 Å². The van der Waals surface area contributed by atoms with Crippen molar-refractivity contribution in [2.24, 2.45) is 5.92 Å². The van der Waals surface area contributed by atoms with E-state index in [4.69, 9.17) is 23.8 Å². The Morgan fingerprint density at radius 1 is 0.548 bits per heavy atom. The van der Waals surface area contributed by atoms with Crippen molar-refractivity contribution in [1.29, 1.82) is 0 Å². The minimum atomic E-state index is -4.88. The molecule has 0 spiro atoms. The minimum absolute atomic E-state index is 0.0389. The molecular weight excluding hydrogens is 838 g/mol. The van der Waals surface area contributed by atoms with Gasteiger partial charge in [-0.2, -0.15) is 0 Å². The quantitative estimate of drug-likeness (QED) is 0.0166. The highest BCUT2D eigenvalue weighted by atomic mass is 31.2. The van der Waals surface area contributed by atoms with Crippen LogP contribution in [0.5, 0.6) is 0 Å². The van der Waals surface area contributed by atoms with Gasteiger partial charge in [-0.1, -0.05) is 172 Å². The van der Waals surface area contributed by atoms with Crippen LogP contribution in [0.2, 0.25) is 0 Å². The second-order valence-electron chi connectivity index (χ2n) is 16.3. The number of ether oxygens (including phenoxy) is 2. The third-order valence-electron chi connectivity index (χ3n) is 9.71. The first-order valence-electron chi connectivity index (χ1n) is 23.3. The number of aliphatic hydroxyl groups is 2. The summed E-state index contributed by atoms with van der Waals surface area (Å²) in [6.07, 6.45) is 37.3. The second-order valence-corrected chi connectivity index (χ2v) is 19.0. The van der Waals surface area contributed by atoms with E-state index in [1.165, 1.54) is 70.6 Å². The maximum atomic E-state index is 12.7. The van der Waals surface area contributed by atoms with Gasteiger partial charge < -0.3 is 34.4 Å². The predicted molar refractivity (Wildman–Crippen MR) is 245 cm³/mol. The normalized spacial score (nSPS) is 15.0. The first-order chi connectivity index (χ1) is 29.6. The Kier molecular flexibility index (Phi) is 39.3. The lowest BCUT2D eigenvalue weighted by Gasteiger charge is -2.20. The fraction of sp³-hybridized carbons (Fsp3) is 0.783. The molecule has 0 amide bonds. The van der Waals surface area contributed by atoms with Crippen LogP contribution < -0.4 is 0 Å². The maximum absolute atomic E-state index is 12.7. The number of esters is 2. The summed E-state index contributed by atoms with van der Waals surface area (Å²) in [7, 11) is -9.71. The summed E-state index contributed by atoms with van der Waals surface area (Å²) in [4.78, 5) is 52.8. The van der Waals surface area contributed by atoms with E-state index in [1.807, 2.05) is 30.4 Å². The van der Waals surface area contributed by atoms with Gasteiger partial charge in [-0.05, 0) is 50.9 Å². The van der Waals surface area contributed by atoms with Gasteiger partial charge in [0.05, 0.1) is 25.9 Å². The molecule has 0 aliphatic rings. The number of hydrogen-bond acceptors (Lipinski definition) is 11. The molecule has 62 heavy (non-hydrogen) atoms. The molecule has 0 saturated carbocycles. The number of allylic oxidation sites excluding steroid dienone is 7. The van der Waals surface area contributed by atoms with Crippen molar-refractivity contribution in [2.75, 3.05) is 26.4 Å². The Bertz CT molecular complexity index is 1310. The summed E-state index contributed by atoms with van der Waals surface area (Å²) in [5.74, 6) is -0.310. The summed E-state index contributed by atoms with van der Waals surface area (Å²) in [6.45, 7) is 3.87. The Morgan fingerprint density at radius 2 is 1.03 bits per heavy atom. The van der Waals surface area contributed by atoms with Crippen molar-refractivity contribution in [2.45, 2.75) is 200 Å². The van der Waals surface area contributed by atoms with E-state index in [-0.39, 0.29) is 18.9 Å². The zero-order valence-corrected chi connectivity index (χ0v) is 40.0. The molecule has 0 rings (SSSR count). The van der Waals surface area contributed by atoms with Crippen LogP contribution in [0.4, 0.5) is 0 Å². The number of carbonyl (C=O) groups is 2. The second kappa shape index (κ2) is 40.5. The van der Waals surface area contributed by atoms with Crippen molar-refractivity contribution in [3.8, 4) is 0 Å². The van der Waals surface area contributed by atoms with E-state index in [9.17, 15) is 33.8 Å². The number of carbonyl (C=O) groups excluding carboxylic acids is 2. The van der Waals surface area contributed by atoms with E-state index in [0.29, 0.717) is 19.3 Å². The van der Waals surface area contributed by atoms with Gasteiger partial charge in [-0.15, -0.1) is 0 Å². The van der Waals surface area contributed by atoms with Gasteiger partial charge >= 0.3 is 27.6 Å². The molecule has 0 saturated heterocycles. The zero-order valence-electron chi connectivity index (χ0n) is 38.2. The van der Waals surface area contributed by atoms with Gasteiger partial charge in [0.25, 0.3) is 0 Å². The van der Waals surface area contributed by atoms with Crippen molar-refractivity contribution >= 4 is 27.6 Å². The lowest BCUT2D eigenvalue weighted by molar-refractivity contribution is -0.161. The van der Waals surface area contributed by atoms with Crippen LogP contribution in [0.15, 0.2) is 48.6 Å². The molecule has 0 heterocycles. The van der Waals surface area contributed by atoms with Crippen LogP contribution in [0.3, 0.4) is 0 Å². The van der Waals surface area contributed by atoms with Crippen molar-refractivity contribution in [1.82, 2.24) is 0 Å². The number of rotatable bonds is 43. The number of unbranched alkanes of at least 4 members (excludes halogenated alkanes) is 15. The average Bonchev–Trinajstić information content (AvgIpc) is 3.21. The summed E-state index contributed by atoms with van der Waals surface area (Å²) in [6, 6.07) is 0. The van der Waals surface area contributed by atoms with Gasteiger partial charge in [0.15, 0.2) is 6.10 Å². The monoisotopic (exact) mass is 923 g/mol. The van der Waals surface area contributed by atoms with Gasteiger partial charge in [-0.25, -0.2) is 9.13 Å². The first-order valence-corrected chi connectivity index (χ1v) is 26.3. The van der Waals surface area contributed by atoms with Crippen molar-refractivity contribution in [3.05, 3.63) is 48.6 Å². The van der Waals surface area contributed by atoms with Gasteiger partial charge in [0.1, 0.15) is 12.7 Å².